The molecule has 2 aromatic carbocycles. The van der Waals surface area contributed by atoms with Gasteiger partial charge in [-0.1, -0.05) is 6.07 Å². The summed E-state index contributed by atoms with van der Waals surface area (Å²) in [6.45, 7) is -0.538. The van der Waals surface area contributed by atoms with E-state index in [-0.39, 0.29) is 10.5 Å². The summed E-state index contributed by atoms with van der Waals surface area (Å²) in [5.41, 5.74) is -1.41. The maximum Gasteiger partial charge on any atom is 0.416 e. The van der Waals surface area contributed by atoms with Crippen molar-refractivity contribution in [2.24, 2.45) is 0 Å². The van der Waals surface area contributed by atoms with E-state index in [2.05, 4.69) is 0 Å². The third-order valence-corrected chi connectivity index (χ3v) is 4.37. The highest BCUT2D eigenvalue weighted by Crippen LogP contribution is 2.30. The summed E-state index contributed by atoms with van der Waals surface area (Å²) in [6.07, 6.45) is -4.69. The number of rotatable bonds is 4. The van der Waals surface area contributed by atoms with Crippen LogP contribution >= 0.6 is 0 Å². The molecule has 0 aliphatic rings. The standard InChI is InChI=1S/C14H10F5NO2S/c15-11-3-5-12(6-4-11)23(21,22)20-8-9-1-2-10(7-13(9)16)14(17,18)19/h1-7,20H,8H2. The van der Waals surface area contributed by atoms with Gasteiger partial charge < -0.3 is 0 Å². The van der Waals surface area contributed by atoms with Crippen LogP contribution in [-0.4, -0.2) is 8.42 Å². The first-order chi connectivity index (χ1) is 10.6. The first-order valence-corrected chi connectivity index (χ1v) is 7.69. The van der Waals surface area contributed by atoms with Crippen LogP contribution in [0.25, 0.3) is 0 Å². The van der Waals surface area contributed by atoms with Gasteiger partial charge in [0.2, 0.25) is 10.0 Å². The molecule has 124 valence electrons. The molecule has 2 rings (SSSR count). The first-order valence-electron chi connectivity index (χ1n) is 6.20. The van der Waals surface area contributed by atoms with Crippen LogP contribution in [0.5, 0.6) is 0 Å². The van der Waals surface area contributed by atoms with Gasteiger partial charge in [0.05, 0.1) is 10.5 Å². The fraction of sp³-hybridized carbons (Fsp3) is 0.143. The monoisotopic (exact) mass is 351 g/mol. The molecule has 9 heteroatoms. The molecule has 0 spiro atoms. The van der Waals surface area contributed by atoms with E-state index in [1.54, 1.807) is 0 Å². The molecule has 0 heterocycles. The molecule has 3 nitrogen and oxygen atoms in total. The van der Waals surface area contributed by atoms with Crippen LogP contribution in [-0.2, 0) is 22.7 Å². The van der Waals surface area contributed by atoms with E-state index in [9.17, 15) is 30.4 Å². The lowest BCUT2D eigenvalue weighted by molar-refractivity contribution is -0.137. The summed E-state index contributed by atoms with van der Waals surface area (Å²) in [4.78, 5) is -0.244. The Kier molecular flexibility index (Phi) is 4.71. The number of halogens is 5. The molecule has 0 fully saturated rings. The van der Waals surface area contributed by atoms with E-state index in [4.69, 9.17) is 0 Å². The number of sulfonamides is 1. The Morgan fingerprint density at radius 1 is 0.957 bits per heavy atom. The van der Waals surface area contributed by atoms with Crippen molar-refractivity contribution in [3.8, 4) is 0 Å². The molecule has 0 aliphatic carbocycles. The number of nitrogens with one attached hydrogen (secondary N) is 1. The van der Waals surface area contributed by atoms with Crippen molar-refractivity contribution in [1.29, 1.82) is 0 Å². The Morgan fingerprint density at radius 2 is 1.57 bits per heavy atom. The molecule has 0 amide bonds. The number of alkyl halides is 3. The molecule has 0 aliphatic heterocycles. The number of hydrogen-bond donors (Lipinski definition) is 1. The predicted molar refractivity (Wildman–Crippen MR) is 71.8 cm³/mol. The molecule has 0 atom stereocenters. The van der Waals surface area contributed by atoms with Gasteiger partial charge in [-0.2, -0.15) is 13.2 Å². The second-order valence-electron chi connectivity index (χ2n) is 4.58. The fourth-order valence-corrected chi connectivity index (χ4v) is 2.74. The SMILES string of the molecule is O=S(=O)(NCc1ccc(C(F)(F)F)cc1F)c1ccc(F)cc1. The van der Waals surface area contributed by atoms with Crippen LogP contribution in [0.15, 0.2) is 47.4 Å². The van der Waals surface area contributed by atoms with Gasteiger partial charge in [0.15, 0.2) is 0 Å². The Bertz CT molecular complexity index is 801. The predicted octanol–water partition coefficient (Wildman–Crippen LogP) is 3.46. The smallest absolute Gasteiger partial charge is 0.207 e. The molecular weight excluding hydrogens is 341 g/mol. The maximum atomic E-state index is 13.6. The van der Waals surface area contributed by atoms with E-state index in [0.717, 1.165) is 30.3 Å². The quantitative estimate of drug-likeness (QED) is 0.858. The van der Waals surface area contributed by atoms with Crippen LogP contribution in [0.3, 0.4) is 0 Å². The van der Waals surface area contributed by atoms with Gasteiger partial charge in [-0.25, -0.2) is 21.9 Å². The average Bonchev–Trinajstić information content (AvgIpc) is 2.45. The van der Waals surface area contributed by atoms with E-state index < -0.39 is 39.9 Å². The van der Waals surface area contributed by atoms with Gasteiger partial charge in [-0.15, -0.1) is 0 Å². The van der Waals surface area contributed by atoms with Gasteiger partial charge in [-0.3, -0.25) is 0 Å². The Labute approximate surface area is 128 Å². The molecule has 0 radical (unpaired) electrons. The van der Waals surface area contributed by atoms with E-state index in [1.165, 1.54) is 0 Å². The molecule has 0 saturated carbocycles. The topological polar surface area (TPSA) is 46.2 Å². The Balaban J connectivity index is 2.16. The van der Waals surface area contributed by atoms with Crippen molar-refractivity contribution >= 4 is 10.0 Å². The zero-order chi connectivity index (χ0) is 17.3. The average molecular weight is 351 g/mol. The zero-order valence-electron chi connectivity index (χ0n) is 11.4. The molecule has 23 heavy (non-hydrogen) atoms. The first kappa shape index (κ1) is 17.4. The minimum Gasteiger partial charge on any atom is -0.207 e. The van der Waals surface area contributed by atoms with Crippen molar-refractivity contribution in [3.63, 3.8) is 0 Å². The van der Waals surface area contributed by atoms with Crippen LogP contribution in [0.4, 0.5) is 22.0 Å². The fourth-order valence-electron chi connectivity index (χ4n) is 1.74. The molecule has 0 unspecified atom stereocenters. The van der Waals surface area contributed by atoms with Crippen molar-refractivity contribution in [2.45, 2.75) is 17.6 Å². The third-order valence-electron chi connectivity index (χ3n) is 2.96. The molecule has 0 aromatic heterocycles. The van der Waals surface area contributed by atoms with Crippen LogP contribution in [0, 0.1) is 11.6 Å². The van der Waals surface area contributed by atoms with E-state index >= 15 is 0 Å². The molecule has 2 aromatic rings. The third kappa shape index (κ3) is 4.26. The minimum atomic E-state index is -4.69. The molecule has 0 saturated heterocycles. The highest BCUT2D eigenvalue weighted by atomic mass is 32.2. The molecule has 0 bridgehead atoms. The summed E-state index contributed by atoms with van der Waals surface area (Å²) in [7, 11) is -4.04. The number of benzene rings is 2. The van der Waals surface area contributed by atoms with Crippen LogP contribution < -0.4 is 4.72 Å². The maximum absolute atomic E-state index is 13.6. The van der Waals surface area contributed by atoms with Crippen molar-refractivity contribution in [2.75, 3.05) is 0 Å². The van der Waals surface area contributed by atoms with Crippen LogP contribution in [0.2, 0.25) is 0 Å². The van der Waals surface area contributed by atoms with Gasteiger partial charge in [0.1, 0.15) is 11.6 Å². The zero-order valence-corrected chi connectivity index (χ0v) is 12.2. The van der Waals surface area contributed by atoms with Crippen molar-refractivity contribution < 1.29 is 30.4 Å². The molecular formula is C14H10F5NO2S. The second kappa shape index (κ2) is 6.25. The summed E-state index contributed by atoms with van der Waals surface area (Å²) in [5, 5.41) is 0. The lowest BCUT2D eigenvalue weighted by Crippen LogP contribution is -2.24. The normalized spacial score (nSPS) is 12.4. The minimum absolute atomic E-state index is 0.244. The van der Waals surface area contributed by atoms with E-state index in [1.807, 2.05) is 4.72 Å². The van der Waals surface area contributed by atoms with E-state index in [0.29, 0.717) is 12.1 Å². The van der Waals surface area contributed by atoms with Gasteiger partial charge >= 0.3 is 6.18 Å². The van der Waals surface area contributed by atoms with Crippen molar-refractivity contribution in [3.05, 3.63) is 65.2 Å². The highest BCUT2D eigenvalue weighted by molar-refractivity contribution is 7.89. The summed E-state index contributed by atoms with van der Waals surface area (Å²) >= 11 is 0. The second-order valence-corrected chi connectivity index (χ2v) is 6.35. The van der Waals surface area contributed by atoms with Gasteiger partial charge in [-0.05, 0) is 36.4 Å². The Morgan fingerprint density at radius 3 is 2.09 bits per heavy atom. The largest absolute Gasteiger partial charge is 0.416 e. The van der Waals surface area contributed by atoms with Gasteiger partial charge in [0.25, 0.3) is 0 Å². The van der Waals surface area contributed by atoms with Crippen molar-refractivity contribution in [1.82, 2.24) is 4.72 Å². The lowest BCUT2D eigenvalue weighted by atomic mass is 10.1. The number of hydrogen-bond acceptors (Lipinski definition) is 2. The van der Waals surface area contributed by atoms with Crippen LogP contribution in [0.1, 0.15) is 11.1 Å². The summed E-state index contributed by atoms with van der Waals surface area (Å²) in [5.74, 6) is -1.81. The lowest BCUT2D eigenvalue weighted by Gasteiger charge is -2.10. The van der Waals surface area contributed by atoms with Gasteiger partial charge in [0, 0.05) is 12.1 Å². The Hall–Kier alpha value is -2.00. The summed E-state index contributed by atoms with van der Waals surface area (Å²) < 4.78 is 89.5. The molecule has 1 N–H and O–H groups in total. The highest BCUT2D eigenvalue weighted by Gasteiger charge is 2.31. The summed E-state index contributed by atoms with van der Waals surface area (Å²) in [6, 6.07) is 5.71.